The van der Waals surface area contributed by atoms with Gasteiger partial charge in [0.2, 0.25) is 5.78 Å². The molecule has 1 aliphatic carbocycles. The normalized spacial score (nSPS) is 13.5. The summed E-state index contributed by atoms with van der Waals surface area (Å²) in [6.07, 6.45) is 4.39. The Morgan fingerprint density at radius 3 is 2.00 bits per heavy atom. The van der Waals surface area contributed by atoms with Crippen LogP contribution in [0.4, 0.5) is 0 Å². The van der Waals surface area contributed by atoms with E-state index in [4.69, 9.17) is 5.73 Å². The van der Waals surface area contributed by atoms with Crippen molar-refractivity contribution in [1.29, 1.82) is 0 Å². The van der Waals surface area contributed by atoms with Crippen LogP contribution in [0.2, 0.25) is 0 Å². The van der Waals surface area contributed by atoms with Crippen molar-refractivity contribution in [3.63, 3.8) is 0 Å². The van der Waals surface area contributed by atoms with Crippen molar-refractivity contribution in [2.75, 3.05) is 39.3 Å². The Hall–Kier alpha value is -2.54. The minimum Gasteiger partial charge on any atom is -0.382 e. The highest BCUT2D eigenvalue weighted by atomic mass is 16.1. The molecule has 0 amide bonds. The highest BCUT2D eigenvalue weighted by molar-refractivity contribution is 6.25. The summed E-state index contributed by atoms with van der Waals surface area (Å²) in [5, 5.41) is 11.8. The van der Waals surface area contributed by atoms with E-state index < -0.39 is 0 Å². The van der Waals surface area contributed by atoms with Gasteiger partial charge >= 0.3 is 0 Å². The van der Waals surface area contributed by atoms with Crippen LogP contribution in [0, 0.1) is 0 Å². The molecule has 29 heavy (non-hydrogen) atoms. The van der Waals surface area contributed by atoms with Gasteiger partial charge in [0, 0.05) is 23.7 Å². The van der Waals surface area contributed by atoms with E-state index in [1.54, 1.807) is 0 Å². The molecule has 6 nitrogen and oxygen atoms in total. The van der Waals surface area contributed by atoms with E-state index in [9.17, 15) is 9.59 Å². The first-order valence-electron chi connectivity index (χ1n) is 10.4. The van der Waals surface area contributed by atoms with Gasteiger partial charge in [-0.05, 0) is 74.9 Å². The number of hydrogen-bond acceptors (Lipinski definition) is 6. The number of hydrogen-bond donors (Lipinski definition) is 4. The second kappa shape index (κ2) is 10.9. The van der Waals surface area contributed by atoms with Crippen LogP contribution in [-0.4, -0.2) is 50.8 Å². The molecule has 0 heterocycles. The summed E-state index contributed by atoms with van der Waals surface area (Å²) in [6, 6.07) is 11.4. The van der Waals surface area contributed by atoms with Gasteiger partial charge < -0.3 is 21.7 Å². The molecule has 0 aliphatic heterocycles. The quantitative estimate of drug-likeness (QED) is 0.411. The zero-order valence-electron chi connectivity index (χ0n) is 16.8. The highest BCUT2D eigenvalue weighted by Gasteiger charge is 2.25. The molecule has 1 aliphatic rings. The standard InChI is InChI=1S/C23H30N4O2/c24-8-3-9-25-10-4-11-26-12-5-13-27-21-16-22(28)19-14-17-6-1-2-7-18(17)15-20(19)23(21)29/h1-2,6-7,14-16,25-27H,3-5,8-13,24H2. The van der Waals surface area contributed by atoms with Crippen molar-refractivity contribution >= 4 is 22.3 Å². The number of Topliss-reactive ketones (excluding diaryl/α,β-unsaturated/α-hetero) is 1. The lowest BCUT2D eigenvalue weighted by Crippen LogP contribution is -2.29. The van der Waals surface area contributed by atoms with Crippen LogP contribution in [0.3, 0.4) is 0 Å². The predicted molar refractivity (Wildman–Crippen MR) is 117 cm³/mol. The van der Waals surface area contributed by atoms with E-state index in [-0.39, 0.29) is 11.6 Å². The minimum atomic E-state index is -0.117. The summed E-state index contributed by atoms with van der Waals surface area (Å²) in [5.74, 6) is -0.227. The number of ketones is 2. The van der Waals surface area contributed by atoms with Gasteiger partial charge in [-0.1, -0.05) is 24.3 Å². The molecule has 154 valence electrons. The molecule has 0 saturated carbocycles. The molecular weight excluding hydrogens is 364 g/mol. The zero-order valence-corrected chi connectivity index (χ0v) is 16.8. The summed E-state index contributed by atoms with van der Waals surface area (Å²) >= 11 is 0. The molecule has 0 bridgehead atoms. The average Bonchev–Trinajstić information content (AvgIpc) is 2.74. The van der Waals surface area contributed by atoms with E-state index >= 15 is 0 Å². The number of carbonyl (C=O) groups excluding carboxylic acids is 2. The van der Waals surface area contributed by atoms with E-state index in [0.717, 1.165) is 62.8 Å². The van der Waals surface area contributed by atoms with Gasteiger partial charge in [-0.3, -0.25) is 9.59 Å². The van der Waals surface area contributed by atoms with Crippen molar-refractivity contribution in [2.45, 2.75) is 19.3 Å². The van der Waals surface area contributed by atoms with Gasteiger partial charge in [-0.15, -0.1) is 0 Å². The van der Waals surface area contributed by atoms with Crippen molar-refractivity contribution in [3.8, 4) is 0 Å². The monoisotopic (exact) mass is 394 g/mol. The highest BCUT2D eigenvalue weighted by Crippen LogP contribution is 2.26. The summed E-state index contributed by atoms with van der Waals surface area (Å²) in [4.78, 5) is 25.3. The zero-order chi connectivity index (χ0) is 20.5. The molecule has 2 aromatic carbocycles. The van der Waals surface area contributed by atoms with Gasteiger partial charge in [0.05, 0.1) is 5.70 Å². The number of nitrogens with two attached hydrogens (primary N) is 1. The molecule has 0 fully saturated rings. The average molecular weight is 395 g/mol. The number of allylic oxidation sites excluding steroid dienone is 2. The van der Waals surface area contributed by atoms with Crippen molar-refractivity contribution in [1.82, 2.24) is 16.0 Å². The molecule has 5 N–H and O–H groups in total. The Kier molecular flexibility index (Phi) is 7.93. The Morgan fingerprint density at radius 2 is 1.34 bits per heavy atom. The predicted octanol–water partition coefficient (Wildman–Crippen LogP) is 2.00. The number of nitrogens with one attached hydrogen (secondary N) is 3. The molecule has 6 heteroatoms. The maximum Gasteiger partial charge on any atom is 0.209 e. The van der Waals surface area contributed by atoms with Crippen molar-refractivity contribution < 1.29 is 9.59 Å². The molecule has 0 saturated heterocycles. The molecule has 0 radical (unpaired) electrons. The lowest BCUT2D eigenvalue weighted by atomic mass is 9.90. The Bertz CT molecular complexity index is 892. The molecule has 0 unspecified atom stereocenters. The molecular formula is C23H30N4O2. The van der Waals surface area contributed by atoms with Crippen molar-refractivity contribution in [3.05, 3.63) is 59.3 Å². The molecule has 0 spiro atoms. The Labute approximate surface area is 171 Å². The third-order valence-corrected chi connectivity index (χ3v) is 5.03. The molecule has 0 atom stereocenters. The Balaban J connectivity index is 1.42. The van der Waals surface area contributed by atoms with Crippen molar-refractivity contribution in [2.24, 2.45) is 5.73 Å². The summed E-state index contributed by atoms with van der Waals surface area (Å²) < 4.78 is 0. The topological polar surface area (TPSA) is 96.2 Å². The minimum absolute atomic E-state index is 0.109. The van der Waals surface area contributed by atoms with Crippen LogP contribution < -0.4 is 21.7 Å². The van der Waals surface area contributed by atoms with Gasteiger partial charge in [-0.25, -0.2) is 0 Å². The summed E-state index contributed by atoms with van der Waals surface area (Å²) in [6.45, 7) is 5.16. The summed E-state index contributed by atoms with van der Waals surface area (Å²) in [7, 11) is 0. The number of fused-ring (bicyclic) bond motifs is 2. The van der Waals surface area contributed by atoms with E-state index in [1.807, 2.05) is 36.4 Å². The fourth-order valence-electron chi connectivity index (χ4n) is 3.43. The van der Waals surface area contributed by atoms with Crippen LogP contribution in [0.25, 0.3) is 10.8 Å². The van der Waals surface area contributed by atoms with Crippen LogP contribution in [0.5, 0.6) is 0 Å². The van der Waals surface area contributed by atoms with Crippen LogP contribution in [0.1, 0.15) is 40.0 Å². The SMILES string of the molecule is NCCCNCCCNCCCNC1=CC(=O)c2cc3ccccc3cc2C1=O. The lowest BCUT2D eigenvalue weighted by Gasteiger charge is -2.17. The Morgan fingerprint density at radius 1 is 0.759 bits per heavy atom. The number of carbonyl (C=O) groups is 2. The molecule has 0 aromatic heterocycles. The van der Waals surface area contributed by atoms with Gasteiger partial charge in [0.25, 0.3) is 0 Å². The number of benzene rings is 2. The van der Waals surface area contributed by atoms with Crippen LogP contribution in [0.15, 0.2) is 48.2 Å². The third kappa shape index (κ3) is 5.73. The second-order valence-corrected chi connectivity index (χ2v) is 7.27. The van der Waals surface area contributed by atoms with Crippen LogP contribution in [-0.2, 0) is 0 Å². The smallest absolute Gasteiger partial charge is 0.209 e. The second-order valence-electron chi connectivity index (χ2n) is 7.27. The maximum atomic E-state index is 12.8. The molecule has 2 aromatic rings. The largest absolute Gasteiger partial charge is 0.382 e. The fraction of sp³-hybridized carbons (Fsp3) is 0.391. The molecule has 3 rings (SSSR count). The van der Waals surface area contributed by atoms with E-state index in [2.05, 4.69) is 16.0 Å². The first kappa shape index (κ1) is 21.2. The van der Waals surface area contributed by atoms with E-state index in [1.165, 1.54) is 6.08 Å². The summed E-state index contributed by atoms with van der Waals surface area (Å²) in [5.41, 5.74) is 6.81. The van der Waals surface area contributed by atoms with Gasteiger partial charge in [-0.2, -0.15) is 0 Å². The lowest BCUT2D eigenvalue weighted by molar-refractivity contribution is 0.0978. The maximum absolute atomic E-state index is 12.8. The first-order valence-corrected chi connectivity index (χ1v) is 10.4. The number of rotatable bonds is 12. The van der Waals surface area contributed by atoms with Crippen LogP contribution >= 0.6 is 0 Å². The third-order valence-electron chi connectivity index (χ3n) is 5.03. The fourth-order valence-corrected chi connectivity index (χ4v) is 3.43. The van der Waals surface area contributed by atoms with E-state index in [0.29, 0.717) is 23.4 Å². The van der Waals surface area contributed by atoms with Gasteiger partial charge in [0.15, 0.2) is 5.78 Å². The first-order chi connectivity index (χ1) is 14.2. The van der Waals surface area contributed by atoms with Gasteiger partial charge in [0.1, 0.15) is 0 Å².